The monoisotopic (exact) mass is 210 g/mol. The molecule has 2 rings (SSSR count). The van der Waals surface area contributed by atoms with Gasteiger partial charge in [-0.1, -0.05) is 0 Å². The van der Waals surface area contributed by atoms with E-state index in [0.29, 0.717) is 12.3 Å². The van der Waals surface area contributed by atoms with Gasteiger partial charge in [-0.2, -0.15) is 0 Å². The summed E-state index contributed by atoms with van der Waals surface area (Å²) in [7, 11) is 0. The summed E-state index contributed by atoms with van der Waals surface area (Å²) in [6.45, 7) is 5.58. The van der Waals surface area contributed by atoms with Crippen LogP contribution in [0.4, 0.5) is 0 Å². The first-order valence-corrected chi connectivity index (χ1v) is 5.62. The van der Waals surface area contributed by atoms with Crippen LogP contribution in [0, 0.1) is 17.8 Å². The fourth-order valence-electron chi connectivity index (χ4n) is 2.74. The van der Waals surface area contributed by atoms with Crippen LogP contribution in [0.1, 0.15) is 40.0 Å². The maximum Gasteiger partial charge on any atom is 0.310 e. The molecule has 2 aliphatic rings. The zero-order chi connectivity index (χ0) is 11.2. The van der Waals surface area contributed by atoms with E-state index in [2.05, 4.69) is 0 Å². The summed E-state index contributed by atoms with van der Waals surface area (Å²) < 4.78 is 5.33. The number of esters is 1. The van der Waals surface area contributed by atoms with Crippen molar-refractivity contribution in [3.8, 4) is 0 Å². The molecule has 15 heavy (non-hydrogen) atoms. The van der Waals surface area contributed by atoms with Crippen molar-refractivity contribution in [2.75, 3.05) is 0 Å². The molecule has 0 aliphatic heterocycles. The lowest BCUT2D eigenvalue weighted by Gasteiger charge is -2.25. The van der Waals surface area contributed by atoms with Crippen molar-refractivity contribution < 1.29 is 14.3 Å². The van der Waals surface area contributed by atoms with Gasteiger partial charge in [-0.05, 0) is 39.5 Å². The zero-order valence-corrected chi connectivity index (χ0v) is 9.58. The fraction of sp³-hybridized carbons (Fsp3) is 0.833. The SMILES string of the molecule is CC(C)(C)OC(=O)[C@H]1C[C@H]2CC(=O)[C@H]1C2. The first-order valence-electron chi connectivity index (χ1n) is 5.62. The van der Waals surface area contributed by atoms with E-state index in [1.807, 2.05) is 20.8 Å². The van der Waals surface area contributed by atoms with Crippen molar-refractivity contribution in [3.05, 3.63) is 0 Å². The summed E-state index contributed by atoms with van der Waals surface area (Å²) in [5.41, 5.74) is -0.442. The smallest absolute Gasteiger partial charge is 0.310 e. The molecule has 2 saturated carbocycles. The molecule has 0 radical (unpaired) electrons. The number of Topliss-reactive ketones (excluding diaryl/α,β-unsaturated/α-hetero) is 1. The zero-order valence-electron chi connectivity index (χ0n) is 9.58. The topological polar surface area (TPSA) is 43.4 Å². The minimum Gasteiger partial charge on any atom is -0.460 e. The molecule has 0 aromatic rings. The van der Waals surface area contributed by atoms with Crippen LogP contribution in [-0.4, -0.2) is 17.4 Å². The maximum absolute atomic E-state index is 11.8. The van der Waals surface area contributed by atoms with E-state index in [-0.39, 0.29) is 23.6 Å². The van der Waals surface area contributed by atoms with Gasteiger partial charge in [-0.15, -0.1) is 0 Å². The summed E-state index contributed by atoms with van der Waals surface area (Å²) in [5.74, 6) is 0.338. The van der Waals surface area contributed by atoms with Gasteiger partial charge in [-0.3, -0.25) is 9.59 Å². The van der Waals surface area contributed by atoms with Crippen molar-refractivity contribution in [1.29, 1.82) is 0 Å². The summed E-state index contributed by atoms with van der Waals surface area (Å²) in [6.07, 6.45) is 2.44. The first-order chi connectivity index (χ1) is 6.87. The largest absolute Gasteiger partial charge is 0.460 e. The van der Waals surface area contributed by atoms with Gasteiger partial charge in [0.2, 0.25) is 0 Å². The number of hydrogen-bond donors (Lipinski definition) is 0. The Labute approximate surface area is 90.2 Å². The molecule has 0 heterocycles. The van der Waals surface area contributed by atoms with Crippen molar-refractivity contribution in [3.63, 3.8) is 0 Å². The highest BCUT2D eigenvalue weighted by atomic mass is 16.6. The Balaban J connectivity index is 2.01. The third-order valence-electron chi connectivity index (χ3n) is 3.27. The Morgan fingerprint density at radius 3 is 2.47 bits per heavy atom. The Hall–Kier alpha value is -0.860. The average molecular weight is 210 g/mol. The lowest BCUT2D eigenvalue weighted by Crippen LogP contribution is -2.33. The molecule has 0 amide bonds. The Morgan fingerprint density at radius 2 is 2.00 bits per heavy atom. The van der Waals surface area contributed by atoms with Gasteiger partial charge in [0.1, 0.15) is 11.4 Å². The van der Waals surface area contributed by atoms with Crippen LogP contribution >= 0.6 is 0 Å². The fourth-order valence-corrected chi connectivity index (χ4v) is 2.74. The highest BCUT2D eigenvalue weighted by Crippen LogP contribution is 2.46. The molecule has 2 aliphatic carbocycles. The van der Waals surface area contributed by atoms with Gasteiger partial charge in [-0.25, -0.2) is 0 Å². The van der Waals surface area contributed by atoms with Gasteiger partial charge in [0.25, 0.3) is 0 Å². The number of hydrogen-bond acceptors (Lipinski definition) is 3. The average Bonchev–Trinajstić information content (AvgIpc) is 2.58. The molecule has 3 atom stereocenters. The van der Waals surface area contributed by atoms with Crippen LogP contribution in [0.2, 0.25) is 0 Å². The van der Waals surface area contributed by atoms with E-state index in [1.54, 1.807) is 0 Å². The molecule has 0 aromatic carbocycles. The number of fused-ring (bicyclic) bond motifs is 2. The van der Waals surface area contributed by atoms with Crippen LogP contribution in [0.25, 0.3) is 0 Å². The van der Waals surface area contributed by atoms with Gasteiger partial charge >= 0.3 is 5.97 Å². The predicted molar refractivity (Wildman–Crippen MR) is 55.2 cm³/mol. The van der Waals surface area contributed by atoms with Crippen LogP contribution in [0.15, 0.2) is 0 Å². The minimum absolute atomic E-state index is 0.0372. The van der Waals surface area contributed by atoms with Crippen LogP contribution in [0.3, 0.4) is 0 Å². The molecule has 0 saturated heterocycles. The molecule has 2 bridgehead atoms. The number of rotatable bonds is 1. The van der Waals surface area contributed by atoms with Crippen LogP contribution < -0.4 is 0 Å². The van der Waals surface area contributed by atoms with E-state index in [9.17, 15) is 9.59 Å². The lowest BCUT2D eigenvalue weighted by molar-refractivity contribution is -0.163. The molecular weight excluding hydrogens is 192 g/mol. The number of ether oxygens (including phenoxy) is 1. The summed E-state index contributed by atoms with van der Waals surface area (Å²) in [6, 6.07) is 0. The Kier molecular flexibility index (Phi) is 2.36. The van der Waals surface area contributed by atoms with E-state index in [1.165, 1.54) is 0 Å². The maximum atomic E-state index is 11.8. The van der Waals surface area contributed by atoms with Crippen molar-refractivity contribution in [2.24, 2.45) is 17.8 Å². The molecular formula is C12H18O3. The Morgan fingerprint density at radius 1 is 1.33 bits per heavy atom. The molecule has 3 nitrogen and oxygen atoms in total. The van der Waals surface area contributed by atoms with Crippen LogP contribution in [-0.2, 0) is 14.3 Å². The van der Waals surface area contributed by atoms with Crippen molar-refractivity contribution >= 4 is 11.8 Å². The third kappa shape index (κ3) is 2.06. The normalized spacial score (nSPS) is 34.6. The molecule has 0 unspecified atom stereocenters. The molecule has 0 N–H and O–H groups in total. The first kappa shape index (κ1) is 10.7. The van der Waals surface area contributed by atoms with Crippen molar-refractivity contribution in [2.45, 2.75) is 45.6 Å². The van der Waals surface area contributed by atoms with Crippen LogP contribution in [0.5, 0.6) is 0 Å². The highest BCUT2D eigenvalue weighted by molar-refractivity contribution is 5.90. The third-order valence-corrected chi connectivity index (χ3v) is 3.27. The highest BCUT2D eigenvalue weighted by Gasteiger charge is 2.49. The molecule has 0 aromatic heterocycles. The molecule has 2 fully saturated rings. The van der Waals surface area contributed by atoms with Gasteiger partial charge in [0, 0.05) is 12.3 Å². The number of carbonyl (C=O) groups excluding carboxylic acids is 2. The number of carbonyl (C=O) groups is 2. The second-order valence-corrected chi connectivity index (χ2v) is 5.75. The van der Waals surface area contributed by atoms with E-state index < -0.39 is 5.60 Å². The molecule has 3 heteroatoms. The summed E-state index contributed by atoms with van der Waals surface area (Å²) in [4.78, 5) is 23.3. The van der Waals surface area contributed by atoms with Gasteiger partial charge in [0.05, 0.1) is 5.92 Å². The quantitative estimate of drug-likeness (QED) is 0.621. The van der Waals surface area contributed by atoms with Crippen molar-refractivity contribution in [1.82, 2.24) is 0 Å². The molecule has 0 spiro atoms. The standard InChI is InChI=1S/C12H18O3/c1-12(2,3)15-11(14)9-5-7-4-8(9)10(13)6-7/h7-9H,4-6H2,1-3H3/t7-,8-,9-/m0/s1. The van der Waals surface area contributed by atoms with E-state index in [4.69, 9.17) is 4.74 Å². The van der Waals surface area contributed by atoms with Gasteiger partial charge < -0.3 is 4.74 Å². The predicted octanol–water partition coefficient (Wildman–Crippen LogP) is 1.94. The second-order valence-electron chi connectivity index (χ2n) is 5.75. The lowest BCUT2D eigenvalue weighted by atomic mass is 9.88. The number of ketones is 1. The summed E-state index contributed by atoms with van der Waals surface area (Å²) in [5, 5.41) is 0. The van der Waals surface area contributed by atoms with E-state index in [0.717, 1.165) is 12.8 Å². The molecule has 84 valence electrons. The second kappa shape index (κ2) is 3.32. The minimum atomic E-state index is -0.442. The summed E-state index contributed by atoms with van der Waals surface area (Å²) >= 11 is 0. The van der Waals surface area contributed by atoms with Gasteiger partial charge in [0.15, 0.2) is 0 Å². The van der Waals surface area contributed by atoms with E-state index >= 15 is 0 Å². The Bertz CT molecular complexity index is 300.